The van der Waals surface area contributed by atoms with Gasteiger partial charge >= 0.3 is 0 Å². The van der Waals surface area contributed by atoms with Gasteiger partial charge in [-0.3, -0.25) is 4.79 Å². The Balaban J connectivity index is 1.22. The Morgan fingerprint density at radius 1 is 1.21 bits per heavy atom. The quantitative estimate of drug-likeness (QED) is 0.510. The second kappa shape index (κ2) is 7.36. The SMILES string of the molecule is Nn1c(SCC(=O)N2CCC[C@H](c3nc4ccccc4s3)C2)nnc1C1CC1. The van der Waals surface area contributed by atoms with Gasteiger partial charge < -0.3 is 10.7 Å². The van der Waals surface area contributed by atoms with Crippen molar-refractivity contribution in [2.75, 3.05) is 24.7 Å². The summed E-state index contributed by atoms with van der Waals surface area (Å²) in [6.07, 6.45) is 4.34. The maximum absolute atomic E-state index is 12.8. The van der Waals surface area contributed by atoms with Gasteiger partial charge in [0.05, 0.1) is 21.0 Å². The van der Waals surface area contributed by atoms with E-state index in [0.717, 1.165) is 55.1 Å². The third kappa shape index (κ3) is 3.48. The lowest BCUT2D eigenvalue weighted by Gasteiger charge is -2.31. The predicted octanol–water partition coefficient (Wildman–Crippen LogP) is 2.98. The van der Waals surface area contributed by atoms with Gasteiger partial charge in [-0.2, -0.15) is 0 Å². The number of likely N-dealkylation sites (tertiary alicyclic amines) is 1. The van der Waals surface area contributed by atoms with Gasteiger partial charge in [0.2, 0.25) is 11.1 Å². The molecule has 1 aliphatic heterocycles. The molecule has 0 radical (unpaired) electrons. The molecule has 0 unspecified atom stereocenters. The van der Waals surface area contributed by atoms with Crippen molar-refractivity contribution in [3.05, 3.63) is 35.1 Å². The Hall–Kier alpha value is -2.13. The van der Waals surface area contributed by atoms with Gasteiger partial charge in [-0.1, -0.05) is 23.9 Å². The highest BCUT2D eigenvalue weighted by atomic mass is 32.2. The van der Waals surface area contributed by atoms with Gasteiger partial charge in [0.25, 0.3) is 0 Å². The van der Waals surface area contributed by atoms with Crippen LogP contribution in [0.4, 0.5) is 0 Å². The first-order valence-electron chi connectivity index (χ1n) is 9.65. The number of para-hydroxylation sites is 1. The Bertz CT molecular complexity index is 978. The first-order chi connectivity index (χ1) is 13.7. The van der Waals surface area contributed by atoms with Crippen LogP contribution in [0.5, 0.6) is 0 Å². The summed E-state index contributed by atoms with van der Waals surface area (Å²) in [4.78, 5) is 19.5. The summed E-state index contributed by atoms with van der Waals surface area (Å²) >= 11 is 3.12. The smallest absolute Gasteiger partial charge is 0.233 e. The minimum absolute atomic E-state index is 0.131. The largest absolute Gasteiger partial charge is 0.341 e. The van der Waals surface area contributed by atoms with Crippen LogP contribution in [0.25, 0.3) is 10.2 Å². The van der Waals surface area contributed by atoms with E-state index < -0.39 is 0 Å². The normalized spacial score (nSPS) is 20.0. The molecule has 28 heavy (non-hydrogen) atoms. The van der Waals surface area contributed by atoms with Crippen molar-refractivity contribution >= 4 is 39.2 Å². The van der Waals surface area contributed by atoms with Gasteiger partial charge in [0.15, 0.2) is 5.82 Å². The van der Waals surface area contributed by atoms with Crippen LogP contribution in [0.3, 0.4) is 0 Å². The van der Waals surface area contributed by atoms with Crippen molar-refractivity contribution in [2.24, 2.45) is 0 Å². The molecule has 1 saturated carbocycles. The number of carbonyl (C=O) groups is 1. The van der Waals surface area contributed by atoms with Gasteiger partial charge in [-0.05, 0) is 37.8 Å². The first kappa shape index (κ1) is 17.9. The van der Waals surface area contributed by atoms with Crippen LogP contribution in [0.15, 0.2) is 29.4 Å². The summed E-state index contributed by atoms with van der Waals surface area (Å²) in [6.45, 7) is 1.55. The minimum Gasteiger partial charge on any atom is -0.341 e. The molecule has 2 aromatic heterocycles. The standard InChI is InChI=1S/C19H22N6OS2/c20-25-17(12-7-8-12)22-23-19(25)27-11-16(26)24-9-3-4-13(10-24)18-21-14-5-1-2-6-15(14)28-18/h1-2,5-6,12-13H,3-4,7-11,20H2/t13-/m0/s1. The van der Waals surface area contributed by atoms with E-state index in [-0.39, 0.29) is 5.91 Å². The summed E-state index contributed by atoms with van der Waals surface area (Å²) in [5, 5.41) is 10.1. The molecule has 0 bridgehead atoms. The van der Waals surface area contributed by atoms with Gasteiger partial charge in [0, 0.05) is 24.9 Å². The summed E-state index contributed by atoms with van der Waals surface area (Å²) in [7, 11) is 0. The third-order valence-electron chi connectivity index (χ3n) is 5.39. The molecular weight excluding hydrogens is 392 g/mol. The van der Waals surface area contributed by atoms with Crippen LogP contribution in [0.1, 0.15) is 48.4 Å². The Morgan fingerprint density at radius 3 is 2.89 bits per heavy atom. The van der Waals surface area contributed by atoms with Crippen molar-refractivity contribution in [1.29, 1.82) is 0 Å². The number of benzene rings is 1. The number of fused-ring (bicyclic) bond motifs is 1. The van der Waals surface area contributed by atoms with Gasteiger partial charge in [-0.25, -0.2) is 9.66 Å². The molecule has 2 N–H and O–H groups in total. The van der Waals surface area contributed by atoms with Crippen molar-refractivity contribution in [1.82, 2.24) is 24.8 Å². The predicted molar refractivity (Wildman–Crippen MR) is 111 cm³/mol. The number of hydrogen-bond acceptors (Lipinski definition) is 7. The summed E-state index contributed by atoms with van der Waals surface area (Å²) in [6, 6.07) is 8.22. The van der Waals surface area contributed by atoms with Crippen LogP contribution in [0.2, 0.25) is 0 Å². The van der Waals surface area contributed by atoms with Crippen molar-refractivity contribution < 1.29 is 4.79 Å². The maximum atomic E-state index is 12.8. The average Bonchev–Trinajstić information content (AvgIpc) is 3.36. The Kier molecular flexibility index (Phi) is 4.72. The van der Waals surface area contributed by atoms with Crippen LogP contribution in [-0.4, -0.2) is 49.5 Å². The molecule has 9 heteroatoms. The number of aromatic nitrogens is 4. The van der Waals surface area contributed by atoms with E-state index in [1.165, 1.54) is 16.5 Å². The van der Waals surface area contributed by atoms with Gasteiger partial charge in [0.1, 0.15) is 0 Å². The monoisotopic (exact) mass is 414 g/mol. The zero-order valence-corrected chi connectivity index (χ0v) is 17.1. The van der Waals surface area contributed by atoms with E-state index in [0.29, 0.717) is 22.7 Å². The Morgan fingerprint density at radius 2 is 2.07 bits per heavy atom. The van der Waals surface area contributed by atoms with E-state index in [1.54, 1.807) is 16.0 Å². The molecule has 2 aliphatic rings. The Labute approximate surface area is 171 Å². The summed E-state index contributed by atoms with van der Waals surface area (Å²) in [5.74, 6) is 8.15. The zero-order valence-electron chi connectivity index (χ0n) is 15.5. The fraction of sp³-hybridized carbons (Fsp3) is 0.474. The van der Waals surface area contributed by atoms with E-state index in [9.17, 15) is 4.79 Å². The molecule has 7 nitrogen and oxygen atoms in total. The summed E-state index contributed by atoms with van der Waals surface area (Å²) < 4.78 is 2.76. The molecule has 3 heterocycles. The molecule has 2 fully saturated rings. The number of nitrogens with zero attached hydrogens (tertiary/aromatic N) is 5. The minimum atomic E-state index is 0.131. The lowest BCUT2D eigenvalue weighted by Crippen LogP contribution is -2.40. The highest BCUT2D eigenvalue weighted by Crippen LogP contribution is 2.39. The number of rotatable bonds is 5. The van der Waals surface area contributed by atoms with E-state index >= 15 is 0 Å². The van der Waals surface area contributed by atoms with Crippen LogP contribution in [-0.2, 0) is 4.79 Å². The third-order valence-corrected chi connectivity index (χ3v) is 7.52. The van der Waals surface area contributed by atoms with Crippen LogP contribution in [0, 0.1) is 0 Å². The lowest BCUT2D eigenvalue weighted by atomic mass is 9.99. The van der Waals surface area contributed by atoms with Crippen molar-refractivity contribution in [2.45, 2.75) is 42.7 Å². The summed E-state index contributed by atoms with van der Waals surface area (Å²) in [5.41, 5.74) is 1.05. The van der Waals surface area contributed by atoms with E-state index in [4.69, 9.17) is 10.8 Å². The van der Waals surface area contributed by atoms with E-state index in [1.807, 2.05) is 17.0 Å². The number of nitrogen functional groups attached to an aromatic ring is 1. The first-order valence-corrected chi connectivity index (χ1v) is 11.5. The molecule has 5 rings (SSSR count). The maximum Gasteiger partial charge on any atom is 0.233 e. The highest BCUT2D eigenvalue weighted by Gasteiger charge is 2.31. The fourth-order valence-electron chi connectivity index (χ4n) is 3.69. The number of piperidine rings is 1. The number of thiazole rings is 1. The number of nitrogens with two attached hydrogens (primary N) is 1. The van der Waals surface area contributed by atoms with Gasteiger partial charge in [-0.15, -0.1) is 21.5 Å². The second-order valence-corrected chi connectivity index (χ2v) is 9.48. The molecule has 1 aromatic carbocycles. The molecular formula is C19H22N6OS2. The van der Waals surface area contributed by atoms with E-state index in [2.05, 4.69) is 22.3 Å². The average molecular weight is 415 g/mol. The second-order valence-electron chi connectivity index (χ2n) is 7.47. The molecule has 146 valence electrons. The molecule has 1 aliphatic carbocycles. The molecule has 1 atom stereocenters. The van der Waals surface area contributed by atoms with Crippen LogP contribution < -0.4 is 5.84 Å². The number of amides is 1. The lowest BCUT2D eigenvalue weighted by molar-refractivity contribution is -0.129. The van der Waals surface area contributed by atoms with Crippen molar-refractivity contribution in [3.8, 4) is 0 Å². The van der Waals surface area contributed by atoms with Crippen LogP contribution >= 0.6 is 23.1 Å². The highest BCUT2D eigenvalue weighted by molar-refractivity contribution is 7.99. The number of carbonyl (C=O) groups excluding carboxylic acids is 1. The molecule has 0 spiro atoms. The number of thioether (sulfide) groups is 1. The molecule has 1 saturated heterocycles. The fourth-order valence-corrected chi connectivity index (χ4v) is 5.55. The number of hydrogen-bond donors (Lipinski definition) is 1. The zero-order chi connectivity index (χ0) is 19.1. The molecule has 3 aromatic rings. The van der Waals surface area contributed by atoms with Crippen molar-refractivity contribution in [3.63, 3.8) is 0 Å². The molecule has 1 amide bonds. The topological polar surface area (TPSA) is 89.9 Å².